The van der Waals surface area contributed by atoms with Crippen LogP contribution in [0.5, 0.6) is 0 Å². The zero-order valence-corrected chi connectivity index (χ0v) is 17.7. The number of likely N-dealkylation sites (N-methyl/N-ethyl adjacent to an activating group) is 1. The Morgan fingerprint density at radius 3 is 2.73 bits per heavy atom. The predicted molar refractivity (Wildman–Crippen MR) is 113 cm³/mol. The van der Waals surface area contributed by atoms with Crippen molar-refractivity contribution in [3.63, 3.8) is 0 Å². The first-order valence-corrected chi connectivity index (χ1v) is 10.4. The molecule has 2 aliphatic rings. The zero-order chi connectivity index (χ0) is 18.7. The molecule has 1 aromatic rings. The van der Waals surface area contributed by atoms with Crippen LogP contribution in [0, 0.1) is 0 Å². The van der Waals surface area contributed by atoms with Gasteiger partial charge >= 0.3 is 0 Å². The fourth-order valence-corrected chi connectivity index (χ4v) is 4.59. The van der Waals surface area contributed by atoms with Crippen molar-refractivity contribution >= 4 is 62.1 Å². The first kappa shape index (κ1) is 19.5. The summed E-state index contributed by atoms with van der Waals surface area (Å²) < 4.78 is 1.47. The van der Waals surface area contributed by atoms with Gasteiger partial charge in [-0.2, -0.15) is 0 Å². The summed E-state index contributed by atoms with van der Waals surface area (Å²) in [6.07, 6.45) is 2.15. The monoisotopic (exact) mass is 453 g/mol. The maximum atomic E-state index is 12.6. The van der Waals surface area contributed by atoms with E-state index in [-0.39, 0.29) is 11.8 Å². The Morgan fingerprint density at radius 1 is 1.31 bits per heavy atom. The van der Waals surface area contributed by atoms with Crippen LogP contribution in [-0.2, 0) is 9.59 Å². The molecule has 0 unspecified atom stereocenters. The summed E-state index contributed by atoms with van der Waals surface area (Å²) in [7, 11) is 2.06. The van der Waals surface area contributed by atoms with Crippen molar-refractivity contribution in [3.8, 4) is 0 Å². The topological polar surface area (TPSA) is 43.9 Å². The van der Waals surface area contributed by atoms with Gasteiger partial charge in [-0.05, 0) is 30.8 Å². The van der Waals surface area contributed by atoms with E-state index in [4.69, 9.17) is 12.2 Å². The SMILES string of the molecule is CN1CCN(C(=O)CCN2C(=O)/C(=C/c3cccc(Br)c3)SC2=S)CC1. The van der Waals surface area contributed by atoms with E-state index in [1.165, 1.54) is 16.7 Å². The second-order valence-electron chi connectivity index (χ2n) is 6.32. The number of thioether (sulfide) groups is 1. The van der Waals surface area contributed by atoms with Crippen molar-refractivity contribution in [1.29, 1.82) is 0 Å². The van der Waals surface area contributed by atoms with E-state index >= 15 is 0 Å². The number of amides is 2. The maximum Gasteiger partial charge on any atom is 0.266 e. The minimum Gasteiger partial charge on any atom is -0.340 e. The molecule has 8 heteroatoms. The van der Waals surface area contributed by atoms with Crippen LogP contribution in [0.3, 0.4) is 0 Å². The Kier molecular flexibility index (Phi) is 6.50. The van der Waals surface area contributed by atoms with Gasteiger partial charge in [-0.25, -0.2) is 0 Å². The zero-order valence-electron chi connectivity index (χ0n) is 14.5. The van der Waals surface area contributed by atoms with Crippen molar-refractivity contribution < 1.29 is 9.59 Å². The lowest BCUT2D eigenvalue weighted by Gasteiger charge is -2.32. The van der Waals surface area contributed by atoms with Crippen molar-refractivity contribution in [1.82, 2.24) is 14.7 Å². The fourth-order valence-electron chi connectivity index (χ4n) is 2.86. The molecule has 5 nitrogen and oxygen atoms in total. The summed E-state index contributed by atoms with van der Waals surface area (Å²) in [5, 5.41) is 0. The highest BCUT2D eigenvalue weighted by Gasteiger charge is 2.32. The van der Waals surface area contributed by atoms with Gasteiger partial charge in [-0.15, -0.1) is 0 Å². The molecule has 26 heavy (non-hydrogen) atoms. The van der Waals surface area contributed by atoms with E-state index in [2.05, 4.69) is 27.9 Å². The van der Waals surface area contributed by atoms with E-state index in [0.717, 1.165) is 36.2 Å². The molecule has 2 aliphatic heterocycles. The first-order valence-electron chi connectivity index (χ1n) is 8.41. The van der Waals surface area contributed by atoms with Gasteiger partial charge in [0.05, 0.1) is 4.91 Å². The summed E-state index contributed by atoms with van der Waals surface area (Å²) >= 11 is 10.1. The molecule has 0 N–H and O–H groups in total. The molecular weight excluding hydrogens is 434 g/mol. The molecular formula is C18H20BrN3O2S2. The van der Waals surface area contributed by atoms with Crippen molar-refractivity contribution in [2.45, 2.75) is 6.42 Å². The molecule has 0 bridgehead atoms. The van der Waals surface area contributed by atoms with Crippen LogP contribution in [0.15, 0.2) is 33.6 Å². The second-order valence-corrected chi connectivity index (χ2v) is 8.91. The molecule has 0 saturated carbocycles. The van der Waals surface area contributed by atoms with Gasteiger partial charge in [0, 0.05) is 43.6 Å². The number of thiocarbonyl (C=S) groups is 1. The molecule has 2 fully saturated rings. The van der Waals surface area contributed by atoms with Crippen LogP contribution >= 0.6 is 39.9 Å². The molecule has 2 amide bonds. The number of halogens is 1. The molecule has 138 valence electrons. The Balaban J connectivity index is 1.60. The van der Waals surface area contributed by atoms with Crippen LogP contribution in [0.25, 0.3) is 6.08 Å². The molecule has 0 spiro atoms. The largest absolute Gasteiger partial charge is 0.340 e. The van der Waals surface area contributed by atoms with E-state index in [1.54, 1.807) is 0 Å². The van der Waals surface area contributed by atoms with E-state index in [1.807, 2.05) is 35.2 Å². The van der Waals surface area contributed by atoms with E-state index in [0.29, 0.717) is 22.2 Å². The van der Waals surface area contributed by atoms with Crippen LogP contribution < -0.4 is 0 Å². The highest BCUT2D eigenvalue weighted by Crippen LogP contribution is 2.33. The van der Waals surface area contributed by atoms with Gasteiger partial charge in [-0.3, -0.25) is 14.5 Å². The van der Waals surface area contributed by atoms with E-state index < -0.39 is 0 Å². The lowest BCUT2D eigenvalue weighted by molar-refractivity contribution is -0.133. The molecule has 0 atom stereocenters. The van der Waals surface area contributed by atoms with Crippen molar-refractivity contribution in [2.24, 2.45) is 0 Å². The third kappa shape index (κ3) is 4.73. The second kappa shape index (κ2) is 8.65. The molecule has 0 radical (unpaired) electrons. The Bertz CT molecular complexity index is 761. The standard InChI is InChI=1S/C18H20BrN3O2S2/c1-20-7-9-21(10-8-20)16(23)5-6-22-17(24)15(26-18(22)25)12-13-3-2-4-14(19)11-13/h2-4,11-12H,5-10H2,1H3/b15-12-. The van der Waals surface area contributed by atoms with Gasteiger partial charge in [0.15, 0.2) is 0 Å². The van der Waals surface area contributed by atoms with Crippen molar-refractivity contribution in [2.75, 3.05) is 39.8 Å². The van der Waals surface area contributed by atoms with Crippen LogP contribution in [0.2, 0.25) is 0 Å². The number of rotatable bonds is 4. The lowest BCUT2D eigenvalue weighted by Crippen LogP contribution is -2.47. The fraction of sp³-hybridized carbons (Fsp3) is 0.389. The van der Waals surface area contributed by atoms with Crippen LogP contribution in [0.4, 0.5) is 0 Å². The van der Waals surface area contributed by atoms with Gasteiger partial charge in [0.2, 0.25) is 5.91 Å². The summed E-state index contributed by atoms with van der Waals surface area (Å²) in [4.78, 5) is 31.2. The summed E-state index contributed by atoms with van der Waals surface area (Å²) in [5.74, 6) is -0.0331. The minimum absolute atomic E-state index is 0.0862. The van der Waals surface area contributed by atoms with E-state index in [9.17, 15) is 9.59 Å². The van der Waals surface area contributed by atoms with Gasteiger partial charge in [0.25, 0.3) is 5.91 Å². The quantitative estimate of drug-likeness (QED) is 0.517. The number of carbonyl (C=O) groups excluding carboxylic acids is 2. The third-order valence-corrected chi connectivity index (χ3v) is 6.30. The van der Waals surface area contributed by atoms with Gasteiger partial charge in [-0.1, -0.05) is 52.0 Å². The number of piperazine rings is 1. The minimum atomic E-state index is -0.119. The molecule has 0 aliphatic carbocycles. The van der Waals surface area contributed by atoms with Gasteiger partial charge < -0.3 is 9.80 Å². The lowest BCUT2D eigenvalue weighted by atomic mass is 10.2. The molecule has 0 aromatic heterocycles. The summed E-state index contributed by atoms with van der Waals surface area (Å²) in [6.45, 7) is 3.61. The summed E-state index contributed by atoms with van der Waals surface area (Å²) in [5.41, 5.74) is 0.938. The highest BCUT2D eigenvalue weighted by molar-refractivity contribution is 9.10. The molecule has 2 saturated heterocycles. The number of carbonyl (C=O) groups is 2. The first-order chi connectivity index (χ1) is 12.4. The maximum absolute atomic E-state index is 12.6. The Morgan fingerprint density at radius 2 is 2.04 bits per heavy atom. The number of hydrogen-bond donors (Lipinski definition) is 0. The van der Waals surface area contributed by atoms with Crippen LogP contribution in [-0.4, -0.2) is 70.6 Å². The average Bonchev–Trinajstić information content (AvgIpc) is 2.87. The third-order valence-electron chi connectivity index (χ3n) is 4.43. The van der Waals surface area contributed by atoms with Crippen LogP contribution in [0.1, 0.15) is 12.0 Å². The average molecular weight is 454 g/mol. The molecule has 1 aromatic carbocycles. The smallest absolute Gasteiger partial charge is 0.266 e. The molecule has 3 rings (SSSR count). The molecule has 2 heterocycles. The normalized spacial score (nSPS) is 20.3. The van der Waals surface area contributed by atoms with Crippen molar-refractivity contribution in [3.05, 3.63) is 39.2 Å². The number of nitrogens with zero attached hydrogens (tertiary/aromatic N) is 3. The predicted octanol–water partition coefficient (Wildman–Crippen LogP) is 2.81. The number of benzene rings is 1. The highest BCUT2D eigenvalue weighted by atomic mass is 79.9. The summed E-state index contributed by atoms with van der Waals surface area (Å²) in [6, 6.07) is 7.75. The van der Waals surface area contributed by atoms with Gasteiger partial charge in [0.1, 0.15) is 4.32 Å². The number of hydrogen-bond acceptors (Lipinski definition) is 5. The Labute approximate surface area is 171 Å². The Hall–Kier alpha value is -1.22.